The largest absolute Gasteiger partial charge is 0.483 e. The zero-order valence-electron chi connectivity index (χ0n) is 20.4. The van der Waals surface area contributed by atoms with E-state index in [1.165, 1.54) is 56.7 Å². The molecule has 0 N–H and O–H groups in total. The van der Waals surface area contributed by atoms with Crippen molar-refractivity contribution in [2.45, 2.75) is 72.1 Å². The Kier molecular flexibility index (Phi) is 6.04. The first-order valence-corrected chi connectivity index (χ1v) is 13.2. The summed E-state index contributed by atoms with van der Waals surface area (Å²) in [6, 6.07) is 6.08. The van der Waals surface area contributed by atoms with Crippen LogP contribution in [0.1, 0.15) is 77.7 Å². The van der Waals surface area contributed by atoms with E-state index in [1.807, 2.05) is 6.07 Å². The number of benzene rings is 1. The van der Waals surface area contributed by atoms with Crippen LogP contribution >= 0.6 is 0 Å². The van der Waals surface area contributed by atoms with Crippen LogP contribution in [0.5, 0.6) is 5.75 Å². The number of ether oxygens (including phenoxy) is 1. The molecule has 4 aliphatic carbocycles. The van der Waals surface area contributed by atoms with Crippen LogP contribution in [0.2, 0.25) is 0 Å². The van der Waals surface area contributed by atoms with E-state index in [2.05, 4.69) is 20.8 Å². The van der Waals surface area contributed by atoms with Crippen molar-refractivity contribution in [1.29, 1.82) is 5.26 Å². The standard InChI is InChI=1S/C29H38FNO2/c1-17-4-7-21-20(12-17)6-8-23-22(21)10-11-29(3)24(23)13-18(2)28(29)26(32)16-33-27-9-5-19(15-31)14-25(27)30/h5,9,14,17-18,20-24,28H,4,6-8,10-13,16H2,1-3H3. The van der Waals surface area contributed by atoms with Gasteiger partial charge in [0.2, 0.25) is 0 Å². The second-order valence-electron chi connectivity index (χ2n) is 12.1. The van der Waals surface area contributed by atoms with Crippen LogP contribution in [0.15, 0.2) is 18.2 Å². The smallest absolute Gasteiger partial charge is 0.174 e. The molecule has 0 spiro atoms. The average Bonchev–Trinajstić information content (AvgIpc) is 3.07. The highest BCUT2D eigenvalue weighted by Gasteiger charge is 2.60. The highest BCUT2D eigenvalue weighted by molar-refractivity contribution is 5.84. The molecule has 0 radical (unpaired) electrons. The molecule has 1 aromatic carbocycles. The predicted molar refractivity (Wildman–Crippen MR) is 126 cm³/mol. The fourth-order valence-electron chi connectivity index (χ4n) is 9.06. The molecule has 1 aromatic rings. The molecule has 0 heterocycles. The van der Waals surface area contributed by atoms with Gasteiger partial charge in [0.1, 0.15) is 6.61 Å². The number of hydrogen-bond acceptors (Lipinski definition) is 3. The van der Waals surface area contributed by atoms with Crippen LogP contribution in [0.25, 0.3) is 0 Å². The Morgan fingerprint density at radius 3 is 2.67 bits per heavy atom. The zero-order valence-corrected chi connectivity index (χ0v) is 20.4. The Morgan fingerprint density at radius 1 is 1.12 bits per heavy atom. The van der Waals surface area contributed by atoms with Crippen molar-refractivity contribution in [2.24, 2.45) is 52.8 Å². The lowest BCUT2D eigenvalue weighted by molar-refractivity contribution is -0.133. The Morgan fingerprint density at radius 2 is 1.91 bits per heavy atom. The van der Waals surface area contributed by atoms with E-state index >= 15 is 0 Å². The van der Waals surface area contributed by atoms with Gasteiger partial charge in [-0.3, -0.25) is 4.79 Å². The molecule has 0 bridgehead atoms. The first-order valence-electron chi connectivity index (χ1n) is 13.2. The van der Waals surface area contributed by atoms with Crippen molar-refractivity contribution in [3.8, 4) is 11.8 Å². The van der Waals surface area contributed by atoms with Gasteiger partial charge in [0.05, 0.1) is 11.6 Å². The minimum absolute atomic E-state index is 0.00556. The molecule has 0 aliphatic heterocycles. The van der Waals surface area contributed by atoms with Crippen molar-refractivity contribution >= 4 is 5.78 Å². The van der Waals surface area contributed by atoms with Crippen molar-refractivity contribution in [1.82, 2.24) is 0 Å². The lowest BCUT2D eigenvalue weighted by atomic mass is 9.49. The average molecular weight is 452 g/mol. The Balaban J connectivity index is 1.29. The van der Waals surface area contributed by atoms with Gasteiger partial charge in [-0.15, -0.1) is 0 Å². The van der Waals surface area contributed by atoms with E-state index in [0.29, 0.717) is 11.8 Å². The monoisotopic (exact) mass is 451 g/mol. The number of carbonyl (C=O) groups excluding carboxylic acids is 1. The van der Waals surface area contributed by atoms with Gasteiger partial charge in [-0.1, -0.05) is 27.2 Å². The first kappa shape index (κ1) is 22.9. The molecule has 0 aromatic heterocycles. The molecule has 5 rings (SSSR count). The predicted octanol–water partition coefficient (Wildman–Crippen LogP) is 6.80. The van der Waals surface area contributed by atoms with Crippen molar-refractivity contribution in [2.75, 3.05) is 6.61 Å². The maximum Gasteiger partial charge on any atom is 0.174 e. The molecule has 4 aliphatic rings. The van der Waals surface area contributed by atoms with Gasteiger partial charge in [-0.25, -0.2) is 4.39 Å². The summed E-state index contributed by atoms with van der Waals surface area (Å²) in [5.74, 6) is 4.96. The zero-order chi connectivity index (χ0) is 23.3. The van der Waals surface area contributed by atoms with E-state index < -0.39 is 5.82 Å². The summed E-state index contributed by atoms with van der Waals surface area (Å²) in [5.41, 5.74) is 0.295. The second kappa shape index (κ2) is 8.71. The maximum atomic E-state index is 14.2. The summed E-state index contributed by atoms with van der Waals surface area (Å²) in [7, 11) is 0. The van der Waals surface area contributed by atoms with Crippen LogP contribution in [0.4, 0.5) is 4.39 Å². The highest BCUT2D eigenvalue weighted by atomic mass is 19.1. The molecule has 0 amide bonds. The number of ketones is 1. The van der Waals surface area contributed by atoms with Crippen molar-refractivity contribution in [3.63, 3.8) is 0 Å². The van der Waals surface area contributed by atoms with Crippen LogP contribution < -0.4 is 4.74 Å². The minimum Gasteiger partial charge on any atom is -0.483 e. The van der Waals surface area contributed by atoms with Crippen LogP contribution in [-0.4, -0.2) is 12.4 Å². The van der Waals surface area contributed by atoms with Crippen LogP contribution in [0, 0.1) is 69.9 Å². The number of fused-ring (bicyclic) bond motifs is 5. The van der Waals surface area contributed by atoms with E-state index in [0.717, 1.165) is 42.4 Å². The molecule has 9 atom stereocenters. The van der Waals surface area contributed by atoms with Crippen molar-refractivity contribution < 1.29 is 13.9 Å². The Labute approximate surface area is 198 Å². The molecule has 178 valence electrons. The highest BCUT2D eigenvalue weighted by Crippen LogP contribution is 2.65. The van der Waals surface area contributed by atoms with Gasteiger partial charge in [0.15, 0.2) is 17.3 Å². The van der Waals surface area contributed by atoms with Gasteiger partial charge < -0.3 is 4.74 Å². The maximum absolute atomic E-state index is 14.2. The van der Waals surface area contributed by atoms with Crippen LogP contribution in [0.3, 0.4) is 0 Å². The third-order valence-electron chi connectivity index (χ3n) is 10.3. The lowest BCUT2D eigenvalue weighted by Gasteiger charge is -2.56. The number of halogens is 1. The van der Waals surface area contributed by atoms with Gasteiger partial charge in [-0.2, -0.15) is 5.26 Å². The SMILES string of the molecule is CC1CCC2C(CCC3C2CCC2(C)C3CC(C)C2C(=O)COc2ccc(C#N)cc2F)C1. The fourth-order valence-corrected chi connectivity index (χ4v) is 9.06. The van der Waals surface area contributed by atoms with E-state index in [1.54, 1.807) is 0 Å². The lowest BCUT2D eigenvalue weighted by Crippen LogP contribution is -2.49. The molecule has 9 unspecified atom stereocenters. The number of nitriles is 1. The van der Waals surface area contributed by atoms with E-state index in [-0.39, 0.29) is 35.0 Å². The number of hydrogen-bond donors (Lipinski definition) is 0. The van der Waals surface area contributed by atoms with Gasteiger partial charge in [0.25, 0.3) is 0 Å². The summed E-state index contributed by atoms with van der Waals surface area (Å²) >= 11 is 0. The van der Waals surface area contributed by atoms with E-state index in [9.17, 15) is 9.18 Å². The number of rotatable bonds is 4. The first-order chi connectivity index (χ1) is 15.8. The quantitative estimate of drug-likeness (QED) is 0.506. The number of nitrogens with zero attached hydrogens (tertiary/aromatic N) is 1. The Hall–Kier alpha value is -1.89. The van der Waals surface area contributed by atoms with Gasteiger partial charge >= 0.3 is 0 Å². The summed E-state index contributed by atoms with van der Waals surface area (Å²) in [6.45, 7) is 6.96. The number of Topliss-reactive ketones (excluding diaryl/α,β-unsaturated/α-hetero) is 1. The van der Waals surface area contributed by atoms with Crippen molar-refractivity contribution in [3.05, 3.63) is 29.6 Å². The molecule has 33 heavy (non-hydrogen) atoms. The summed E-state index contributed by atoms with van der Waals surface area (Å²) in [6.07, 6.45) is 10.5. The third kappa shape index (κ3) is 3.90. The van der Waals surface area contributed by atoms with Crippen LogP contribution in [-0.2, 0) is 4.79 Å². The molecule has 4 heteroatoms. The summed E-state index contributed by atoms with van der Waals surface area (Å²) < 4.78 is 19.9. The summed E-state index contributed by atoms with van der Waals surface area (Å²) in [4.78, 5) is 13.4. The Bertz CT molecular complexity index is 953. The molecule has 3 nitrogen and oxygen atoms in total. The second-order valence-corrected chi connectivity index (χ2v) is 12.1. The molecular formula is C29H38FNO2. The number of carbonyl (C=O) groups is 1. The minimum atomic E-state index is -0.579. The third-order valence-corrected chi connectivity index (χ3v) is 10.3. The van der Waals surface area contributed by atoms with Gasteiger partial charge in [0, 0.05) is 5.92 Å². The summed E-state index contributed by atoms with van der Waals surface area (Å²) in [5, 5.41) is 8.93. The molecule has 4 saturated carbocycles. The molecule has 0 saturated heterocycles. The molecular weight excluding hydrogens is 413 g/mol. The van der Waals surface area contributed by atoms with Gasteiger partial charge in [-0.05, 0) is 110 Å². The topological polar surface area (TPSA) is 50.1 Å². The molecule has 4 fully saturated rings. The normalized spacial score (nSPS) is 41.9. The fraction of sp³-hybridized carbons (Fsp3) is 0.724. The van der Waals surface area contributed by atoms with E-state index in [4.69, 9.17) is 10.00 Å².